The van der Waals surface area contributed by atoms with Crippen molar-refractivity contribution >= 4 is 0 Å². The first-order chi connectivity index (χ1) is 10.1. The summed E-state index contributed by atoms with van der Waals surface area (Å²) in [4.78, 5) is 0. The van der Waals surface area contributed by atoms with E-state index < -0.39 is 17.5 Å². The molecule has 5 heteroatoms. The average Bonchev–Trinajstić information content (AvgIpc) is 2.48. The van der Waals surface area contributed by atoms with Gasteiger partial charge in [0, 0.05) is 11.6 Å². The lowest BCUT2D eigenvalue weighted by molar-refractivity contribution is 0.384. The zero-order valence-electron chi connectivity index (χ0n) is 11.8. The van der Waals surface area contributed by atoms with Crippen molar-refractivity contribution in [1.29, 1.82) is 0 Å². The topological polar surface area (TPSA) is 21.3 Å². The molecule has 2 rings (SSSR count). The first kappa shape index (κ1) is 15.4. The molecule has 112 valence electrons. The van der Waals surface area contributed by atoms with Crippen LogP contribution >= 0.6 is 0 Å². The van der Waals surface area contributed by atoms with Gasteiger partial charge in [-0.1, -0.05) is 12.1 Å². The van der Waals surface area contributed by atoms with E-state index in [1.807, 2.05) is 0 Å². The smallest absolute Gasteiger partial charge is 0.165 e. The molecule has 0 spiro atoms. The van der Waals surface area contributed by atoms with Gasteiger partial charge in [-0.3, -0.25) is 0 Å². The average molecular weight is 295 g/mol. The Labute approximate surface area is 121 Å². The Morgan fingerprint density at radius 3 is 2.29 bits per heavy atom. The molecule has 2 aromatic carbocycles. The van der Waals surface area contributed by atoms with Crippen LogP contribution in [0.3, 0.4) is 0 Å². The molecule has 0 aliphatic rings. The molecule has 0 saturated carbocycles. The van der Waals surface area contributed by atoms with Gasteiger partial charge in [0.15, 0.2) is 11.6 Å². The van der Waals surface area contributed by atoms with E-state index in [-0.39, 0.29) is 23.8 Å². The fourth-order valence-electron chi connectivity index (χ4n) is 2.21. The Hall–Kier alpha value is -2.01. The van der Waals surface area contributed by atoms with Gasteiger partial charge in [0.25, 0.3) is 0 Å². The predicted octanol–water partition coefficient (Wildman–Crippen LogP) is 3.62. The minimum atomic E-state index is -0.593. The van der Waals surface area contributed by atoms with Crippen LogP contribution in [0.25, 0.3) is 0 Å². The van der Waals surface area contributed by atoms with Crippen LogP contribution in [0.4, 0.5) is 13.2 Å². The number of benzene rings is 2. The van der Waals surface area contributed by atoms with Crippen molar-refractivity contribution in [2.45, 2.75) is 12.5 Å². The second-order valence-electron chi connectivity index (χ2n) is 4.64. The summed E-state index contributed by atoms with van der Waals surface area (Å²) in [6.07, 6.45) is 0.115. The minimum absolute atomic E-state index is 0.000131. The second kappa shape index (κ2) is 6.63. The molecule has 0 saturated heterocycles. The van der Waals surface area contributed by atoms with E-state index >= 15 is 0 Å². The SMILES string of the molecule is CNC(Cc1c(F)cccc1F)c1ccc(F)c(OC)c1. The van der Waals surface area contributed by atoms with Gasteiger partial charge in [-0.2, -0.15) is 0 Å². The molecule has 21 heavy (non-hydrogen) atoms. The predicted molar refractivity (Wildman–Crippen MR) is 74.8 cm³/mol. The van der Waals surface area contributed by atoms with Crippen molar-refractivity contribution in [3.63, 3.8) is 0 Å². The number of rotatable bonds is 5. The van der Waals surface area contributed by atoms with E-state index in [4.69, 9.17) is 4.74 Å². The summed E-state index contributed by atoms with van der Waals surface area (Å²) in [7, 11) is 3.05. The van der Waals surface area contributed by atoms with Crippen molar-refractivity contribution in [3.05, 3.63) is 65.0 Å². The van der Waals surface area contributed by atoms with E-state index in [2.05, 4.69) is 5.32 Å². The van der Waals surface area contributed by atoms with Crippen LogP contribution in [-0.2, 0) is 6.42 Å². The molecule has 0 aliphatic carbocycles. The van der Waals surface area contributed by atoms with Gasteiger partial charge in [-0.25, -0.2) is 13.2 Å². The number of nitrogens with one attached hydrogen (secondary N) is 1. The molecule has 0 heterocycles. The van der Waals surface area contributed by atoms with E-state index in [0.29, 0.717) is 5.56 Å². The van der Waals surface area contributed by atoms with Crippen molar-refractivity contribution in [2.24, 2.45) is 0 Å². The van der Waals surface area contributed by atoms with Crippen LogP contribution in [0.2, 0.25) is 0 Å². The molecular formula is C16H16F3NO. The van der Waals surface area contributed by atoms with E-state index in [1.165, 1.54) is 37.4 Å². The third kappa shape index (κ3) is 3.36. The van der Waals surface area contributed by atoms with Crippen molar-refractivity contribution in [1.82, 2.24) is 5.32 Å². The van der Waals surface area contributed by atoms with Crippen LogP contribution in [-0.4, -0.2) is 14.2 Å². The fourth-order valence-corrected chi connectivity index (χ4v) is 2.21. The number of hydrogen-bond donors (Lipinski definition) is 1. The Balaban J connectivity index is 2.32. The Kier molecular flexibility index (Phi) is 4.85. The summed E-state index contributed by atoms with van der Waals surface area (Å²) >= 11 is 0. The highest BCUT2D eigenvalue weighted by Gasteiger charge is 2.17. The van der Waals surface area contributed by atoms with Gasteiger partial charge in [-0.05, 0) is 43.3 Å². The van der Waals surface area contributed by atoms with E-state index in [0.717, 1.165) is 0 Å². The van der Waals surface area contributed by atoms with Gasteiger partial charge < -0.3 is 10.1 Å². The largest absolute Gasteiger partial charge is 0.494 e. The maximum atomic E-state index is 13.7. The Morgan fingerprint density at radius 1 is 1.05 bits per heavy atom. The summed E-state index contributed by atoms with van der Waals surface area (Å²) < 4.78 is 45.8. The molecule has 0 fully saturated rings. The normalized spacial score (nSPS) is 12.2. The third-order valence-electron chi connectivity index (χ3n) is 3.40. The van der Waals surface area contributed by atoms with Gasteiger partial charge in [-0.15, -0.1) is 0 Å². The molecule has 2 aromatic rings. The van der Waals surface area contributed by atoms with Crippen LogP contribution in [0.5, 0.6) is 5.75 Å². The number of ether oxygens (including phenoxy) is 1. The molecule has 2 nitrogen and oxygen atoms in total. The highest BCUT2D eigenvalue weighted by atomic mass is 19.1. The lowest BCUT2D eigenvalue weighted by atomic mass is 9.98. The molecule has 0 aromatic heterocycles. The highest BCUT2D eigenvalue weighted by molar-refractivity contribution is 5.33. The van der Waals surface area contributed by atoms with Crippen LogP contribution in [0.15, 0.2) is 36.4 Å². The van der Waals surface area contributed by atoms with Gasteiger partial charge in [0.1, 0.15) is 11.6 Å². The van der Waals surface area contributed by atoms with Crippen LogP contribution < -0.4 is 10.1 Å². The molecule has 1 atom stereocenters. The minimum Gasteiger partial charge on any atom is -0.494 e. The first-order valence-corrected chi connectivity index (χ1v) is 6.50. The van der Waals surface area contributed by atoms with Crippen molar-refractivity contribution in [2.75, 3.05) is 14.2 Å². The maximum Gasteiger partial charge on any atom is 0.165 e. The summed E-state index contributed by atoms with van der Waals surface area (Å²) in [5.74, 6) is -1.57. The highest BCUT2D eigenvalue weighted by Crippen LogP contribution is 2.26. The number of hydrogen-bond acceptors (Lipinski definition) is 2. The van der Waals surface area contributed by atoms with Crippen LogP contribution in [0, 0.1) is 17.5 Å². The van der Waals surface area contributed by atoms with Gasteiger partial charge in [0.2, 0.25) is 0 Å². The number of halogens is 3. The summed E-state index contributed by atoms with van der Waals surface area (Å²) in [6, 6.07) is 7.77. The maximum absolute atomic E-state index is 13.7. The number of likely N-dealkylation sites (N-methyl/N-ethyl adjacent to an activating group) is 1. The summed E-state index contributed by atoms with van der Waals surface area (Å²) in [5.41, 5.74) is 0.693. The molecular weight excluding hydrogens is 279 g/mol. The molecule has 0 bridgehead atoms. The quantitative estimate of drug-likeness (QED) is 0.909. The lowest BCUT2D eigenvalue weighted by Crippen LogP contribution is -2.20. The molecule has 0 aliphatic heterocycles. The van der Waals surface area contributed by atoms with Crippen LogP contribution in [0.1, 0.15) is 17.2 Å². The van der Waals surface area contributed by atoms with Crippen molar-refractivity contribution < 1.29 is 17.9 Å². The van der Waals surface area contributed by atoms with Gasteiger partial charge in [0.05, 0.1) is 7.11 Å². The monoisotopic (exact) mass is 295 g/mol. The van der Waals surface area contributed by atoms with E-state index in [9.17, 15) is 13.2 Å². The number of methoxy groups -OCH3 is 1. The molecule has 0 amide bonds. The Morgan fingerprint density at radius 2 is 1.71 bits per heavy atom. The fraction of sp³-hybridized carbons (Fsp3) is 0.250. The molecule has 1 unspecified atom stereocenters. The molecule has 1 N–H and O–H groups in total. The summed E-state index contributed by atoms with van der Waals surface area (Å²) in [6.45, 7) is 0. The second-order valence-corrected chi connectivity index (χ2v) is 4.64. The zero-order chi connectivity index (χ0) is 15.4. The van der Waals surface area contributed by atoms with E-state index in [1.54, 1.807) is 13.1 Å². The summed E-state index contributed by atoms with van der Waals surface area (Å²) in [5, 5.41) is 2.98. The molecule has 0 radical (unpaired) electrons. The standard InChI is InChI=1S/C16H16F3NO/c1-20-15(9-11-12(17)4-3-5-13(11)18)10-6-7-14(19)16(8-10)21-2/h3-8,15,20H,9H2,1-2H3. The third-order valence-corrected chi connectivity index (χ3v) is 3.40. The lowest BCUT2D eigenvalue weighted by Gasteiger charge is -2.18. The van der Waals surface area contributed by atoms with Gasteiger partial charge >= 0.3 is 0 Å². The Bertz CT molecular complexity index is 611. The van der Waals surface area contributed by atoms with Crippen molar-refractivity contribution in [3.8, 4) is 5.75 Å². The first-order valence-electron chi connectivity index (χ1n) is 6.50. The zero-order valence-corrected chi connectivity index (χ0v) is 11.8.